The summed E-state index contributed by atoms with van der Waals surface area (Å²) in [5.41, 5.74) is 1.94. The number of nitrogens with one attached hydrogen (secondary N) is 1. The van der Waals surface area contributed by atoms with Gasteiger partial charge in [-0.1, -0.05) is 26.8 Å². The minimum atomic E-state index is 0.0976. The first-order chi connectivity index (χ1) is 9.63. The van der Waals surface area contributed by atoms with Crippen LogP contribution >= 0.6 is 0 Å². The number of anilines is 1. The van der Waals surface area contributed by atoms with Gasteiger partial charge >= 0.3 is 0 Å². The van der Waals surface area contributed by atoms with Crippen LogP contribution in [0.25, 0.3) is 0 Å². The zero-order valence-corrected chi connectivity index (χ0v) is 12.8. The Labute approximate surface area is 121 Å². The molecule has 1 aromatic heterocycles. The molecular weight excluding hydrogens is 252 g/mol. The molecule has 0 amide bonds. The summed E-state index contributed by atoms with van der Waals surface area (Å²) in [6.45, 7) is 12.9. The van der Waals surface area contributed by atoms with E-state index in [4.69, 9.17) is 0 Å². The molecule has 1 aromatic rings. The fourth-order valence-corrected chi connectivity index (χ4v) is 1.93. The van der Waals surface area contributed by atoms with Gasteiger partial charge in [0.15, 0.2) is 0 Å². The Kier molecular flexibility index (Phi) is 7.18. The van der Waals surface area contributed by atoms with Crippen molar-refractivity contribution in [3.8, 4) is 0 Å². The summed E-state index contributed by atoms with van der Waals surface area (Å²) in [5.74, 6) is 1.15. The lowest BCUT2D eigenvalue weighted by Crippen LogP contribution is -2.29. The van der Waals surface area contributed by atoms with Gasteiger partial charge in [0.2, 0.25) is 0 Å². The summed E-state index contributed by atoms with van der Waals surface area (Å²) in [6, 6.07) is 0. The number of aliphatic hydroxyl groups is 1. The van der Waals surface area contributed by atoms with Gasteiger partial charge in [-0.05, 0) is 6.54 Å². The molecular formula is C15H26N4O. The van der Waals surface area contributed by atoms with Crippen molar-refractivity contribution >= 4 is 5.69 Å². The first kappa shape index (κ1) is 16.6. The average molecular weight is 278 g/mol. The number of aliphatic hydroxyl groups excluding tert-OH is 1. The van der Waals surface area contributed by atoms with E-state index < -0.39 is 0 Å². The lowest BCUT2D eigenvalue weighted by molar-refractivity contribution is 0.303. The lowest BCUT2D eigenvalue weighted by Gasteiger charge is -2.24. The van der Waals surface area contributed by atoms with E-state index in [2.05, 4.69) is 42.6 Å². The van der Waals surface area contributed by atoms with Gasteiger partial charge in [-0.2, -0.15) is 0 Å². The van der Waals surface area contributed by atoms with E-state index in [1.165, 1.54) is 0 Å². The molecule has 0 aliphatic carbocycles. The Balaban J connectivity index is 3.10. The maximum Gasteiger partial charge on any atom is 0.131 e. The van der Waals surface area contributed by atoms with E-state index in [0.717, 1.165) is 23.8 Å². The molecule has 2 N–H and O–H groups in total. The summed E-state index contributed by atoms with van der Waals surface area (Å²) in [4.78, 5) is 11.1. The lowest BCUT2D eigenvalue weighted by atomic mass is 10.2. The Hall–Kier alpha value is -1.46. The zero-order valence-electron chi connectivity index (χ0n) is 12.8. The molecule has 0 aromatic carbocycles. The number of nitrogens with zero attached hydrogens (tertiary/aromatic N) is 3. The Morgan fingerprint density at radius 3 is 2.80 bits per heavy atom. The van der Waals surface area contributed by atoms with Gasteiger partial charge in [0.1, 0.15) is 5.82 Å². The van der Waals surface area contributed by atoms with Crippen LogP contribution in [0.4, 0.5) is 5.69 Å². The fraction of sp³-hybridized carbons (Fsp3) is 0.600. The minimum absolute atomic E-state index is 0.0976. The van der Waals surface area contributed by atoms with Crippen LogP contribution in [0.5, 0.6) is 0 Å². The highest BCUT2D eigenvalue weighted by Crippen LogP contribution is 2.20. The fourth-order valence-electron chi connectivity index (χ4n) is 1.93. The van der Waals surface area contributed by atoms with E-state index >= 15 is 0 Å². The Morgan fingerprint density at radius 2 is 2.25 bits per heavy atom. The standard InChI is InChI=1S/C15H26N4O/c1-5-7-19(8-9-20)14-11-17-15(12(3)4)18-13(14)10-16-6-2/h5,11-12,16,20H,1,6-10H2,2-4H3. The van der Waals surface area contributed by atoms with Crippen LogP contribution < -0.4 is 10.2 Å². The van der Waals surface area contributed by atoms with Crippen LogP contribution in [0.2, 0.25) is 0 Å². The predicted octanol–water partition coefficient (Wildman–Crippen LogP) is 1.69. The molecule has 20 heavy (non-hydrogen) atoms. The van der Waals surface area contributed by atoms with E-state index in [1.807, 2.05) is 17.2 Å². The van der Waals surface area contributed by atoms with Gasteiger partial charge in [-0.3, -0.25) is 0 Å². The van der Waals surface area contributed by atoms with Gasteiger partial charge in [0, 0.05) is 25.6 Å². The van der Waals surface area contributed by atoms with E-state index in [9.17, 15) is 5.11 Å². The van der Waals surface area contributed by atoms with Crippen LogP contribution in [-0.2, 0) is 6.54 Å². The summed E-state index contributed by atoms with van der Waals surface area (Å²) < 4.78 is 0. The molecule has 5 nitrogen and oxygen atoms in total. The first-order valence-electron chi connectivity index (χ1n) is 7.17. The second-order valence-electron chi connectivity index (χ2n) is 4.95. The molecule has 0 aliphatic rings. The van der Waals surface area contributed by atoms with Gasteiger partial charge in [0.25, 0.3) is 0 Å². The largest absolute Gasteiger partial charge is 0.395 e. The third-order valence-corrected chi connectivity index (χ3v) is 2.98. The molecule has 0 aliphatic heterocycles. The Bertz CT molecular complexity index is 420. The van der Waals surface area contributed by atoms with Crippen molar-refractivity contribution in [1.29, 1.82) is 0 Å². The molecule has 0 unspecified atom stereocenters. The molecule has 112 valence electrons. The number of hydrogen-bond donors (Lipinski definition) is 2. The second kappa shape index (κ2) is 8.66. The number of hydrogen-bond acceptors (Lipinski definition) is 5. The predicted molar refractivity (Wildman–Crippen MR) is 83.0 cm³/mol. The van der Waals surface area contributed by atoms with Crippen LogP contribution in [0.1, 0.15) is 38.2 Å². The number of rotatable bonds is 9. The molecule has 0 spiro atoms. The summed E-state index contributed by atoms with van der Waals surface area (Å²) in [7, 11) is 0. The summed E-state index contributed by atoms with van der Waals surface area (Å²) in [5, 5.41) is 12.5. The molecule has 0 radical (unpaired) electrons. The van der Waals surface area contributed by atoms with Crippen molar-refractivity contribution in [1.82, 2.24) is 15.3 Å². The number of aromatic nitrogens is 2. The third kappa shape index (κ3) is 4.58. The van der Waals surface area contributed by atoms with Crippen LogP contribution in [0.15, 0.2) is 18.9 Å². The van der Waals surface area contributed by atoms with Crippen molar-refractivity contribution in [2.75, 3.05) is 31.1 Å². The highest BCUT2D eigenvalue weighted by Gasteiger charge is 2.14. The third-order valence-electron chi connectivity index (χ3n) is 2.98. The molecule has 1 heterocycles. The van der Waals surface area contributed by atoms with E-state index in [-0.39, 0.29) is 6.61 Å². The summed E-state index contributed by atoms with van der Waals surface area (Å²) >= 11 is 0. The smallest absolute Gasteiger partial charge is 0.131 e. The molecule has 5 heteroatoms. The van der Waals surface area contributed by atoms with Gasteiger partial charge in [0.05, 0.1) is 24.2 Å². The Morgan fingerprint density at radius 1 is 1.50 bits per heavy atom. The van der Waals surface area contributed by atoms with Crippen LogP contribution in [-0.4, -0.2) is 41.3 Å². The molecule has 0 fully saturated rings. The van der Waals surface area contributed by atoms with E-state index in [1.54, 1.807) is 0 Å². The molecule has 0 bridgehead atoms. The first-order valence-corrected chi connectivity index (χ1v) is 7.17. The van der Waals surface area contributed by atoms with Crippen molar-refractivity contribution < 1.29 is 5.11 Å². The van der Waals surface area contributed by atoms with Crippen LogP contribution in [0, 0.1) is 0 Å². The highest BCUT2D eigenvalue weighted by molar-refractivity contribution is 5.49. The van der Waals surface area contributed by atoms with Gasteiger partial charge in [-0.25, -0.2) is 9.97 Å². The van der Waals surface area contributed by atoms with Crippen LogP contribution in [0.3, 0.4) is 0 Å². The normalized spacial score (nSPS) is 10.8. The minimum Gasteiger partial charge on any atom is -0.395 e. The van der Waals surface area contributed by atoms with E-state index in [0.29, 0.717) is 25.6 Å². The second-order valence-corrected chi connectivity index (χ2v) is 4.95. The molecule has 0 saturated heterocycles. The SMILES string of the molecule is C=CCN(CCO)c1cnc(C(C)C)nc1CNCC. The van der Waals surface area contributed by atoms with Crippen molar-refractivity contribution in [2.45, 2.75) is 33.2 Å². The van der Waals surface area contributed by atoms with Gasteiger partial charge < -0.3 is 15.3 Å². The van der Waals surface area contributed by atoms with Crippen molar-refractivity contribution in [3.05, 3.63) is 30.4 Å². The topological polar surface area (TPSA) is 61.3 Å². The zero-order chi connectivity index (χ0) is 15.0. The maximum atomic E-state index is 9.20. The monoisotopic (exact) mass is 278 g/mol. The summed E-state index contributed by atoms with van der Waals surface area (Å²) in [6.07, 6.45) is 3.68. The molecule has 1 rings (SSSR count). The average Bonchev–Trinajstić information content (AvgIpc) is 2.44. The molecule has 0 atom stereocenters. The van der Waals surface area contributed by atoms with Gasteiger partial charge in [-0.15, -0.1) is 6.58 Å². The maximum absolute atomic E-state index is 9.20. The van der Waals surface area contributed by atoms with Crippen molar-refractivity contribution in [3.63, 3.8) is 0 Å². The quantitative estimate of drug-likeness (QED) is 0.673. The highest BCUT2D eigenvalue weighted by atomic mass is 16.3. The van der Waals surface area contributed by atoms with Crippen molar-refractivity contribution in [2.24, 2.45) is 0 Å². The molecule has 0 saturated carbocycles.